The van der Waals surface area contributed by atoms with Crippen LogP contribution in [0.5, 0.6) is 5.75 Å². The average Bonchev–Trinajstić information content (AvgIpc) is 2.69. The molecular formula is C19H19F3N2O3S. The van der Waals surface area contributed by atoms with Crippen molar-refractivity contribution in [2.45, 2.75) is 11.1 Å². The molecule has 0 radical (unpaired) electrons. The lowest BCUT2D eigenvalue weighted by atomic mass is 10.2. The molecule has 2 amide bonds. The molecule has 2 N–H and O–H groups in total. The number of hydrogen-bond acceptors (Lipinski definition) is 4. The van der Waals surface area contributed by atoms with Crippen molar-refractivity contribution in [3.8, 4) is 5.75 Å². The van der Waals surface area contributed by atoms with Gasteiger partial charge in [0.1, 0.15) is 5.75 Å². The van der Waals surface area contributed by atoms with Crippen molar-refractivity contribution < 1.29 is 27.5 Å². The van der Waals surface area contributed by atoms with Gasteiger partial charge in [0.2, 0.25) is 5.91 Å². The average molecular weight is 412 g/mol. The third-order valence-corrected chi connectivity index (χ3v) is 4.61. The maximum absolute atomic E-state index is 12.7. The number of thioether (sulfide) groups is 1. The van der Waals surface area contributed by atoms with E-state index in [-0.39, 0.29) is 30.7 Å². The van der Waals surface area contributed by atoms with Crippen LogP contribution in [-0.4, -0.2) is 37.8 Å². The Balaban J connectivity index is 1.69. The van der Waals surface area contributed by atoms with Crippen LogP contribution in [0.2, 0.25) is 0 Å². The second-order valence-corrected chi connectivity index (χ2v) is 6.70. The fourth-order valence-electron chi connectivity index (χ4n) is 2.18. The number of carbonyl (C=O) groups excluding carboxylic acids is 2. The Bertz CT molecular complexity index is 811. The van der Waals surface area contributed by atoms with Crippen LogP contribution in [0.3, 0.4) is 0 Å². The summed E-state index contributed by atoms with van der Waals surface area (Å²) >= 11 is 1.01. The van der Waals surface area contributed by atoms with Gasteiger partial charge in [-0.1, -0.05) is 6.07 Å². The van der Waals surface area contributed by atoms with Gasteiger partial charge in [-0.15, -0.1) is 11.8 Å². The molecule has 9 heteroatoms. The van der Waals surface area contributed by atoms with Gasteiger partial charge in [0, 0.05) is 23.5 Å². The lowest BCUT2D eigenvalue weighted by Gasteiger charge is -2.09. The number of rotatable bonds is 8. The van der Waals surface area contributed by atoms with E-state index in [0.29, 0.717) is 16.2 Å². The highest BCUT2D eigenvalue weighted by atomic mass is 32.2. The molecule has 0 aliphatic heterocycles. The van der Waals surface area contributed by atoms with E-state index in [9.17, 15) is 22.8 Å². The van der Waals surface area contributed by atoms with Crippen LogP contribution in [0, 0.1) is 0 Å². The van der Waals surface area contributed by atoms with Crippen LogP contribution in [0.1, 0.15) is 15.9 Å². The number of benzene rings is 2. The predicted molar refractivity (Wildman–Crippen MR) is 101 cm³/mol. The molecule has 28 heavy (non-hydrogen) atoms. The van der Waals surface area contributed by atoms with Gasteiger partial charge in [0.05, 0.1) is 18.4 Å². The molecule has 0 unspecified atom stereocenters. The van der Waals surface area contributed by atoms with Crippen molar-refractivity contribution in [2.24, 2.45) is 0 Å². The van der Waals surface area contributed by atoms with E-state index in [1.54, 1.807) is 24.3 Å². The molecule has 0 heterocycles. The molecule has 2 aromatic rings. The maximum atomic E-state index is 12.7. The number of alkyl halides is 3. The number of carbonyl (C=O) groups is 2. The topological polar surface area (TPSA) is 67.4 Å². The van der Waals surface area contributed by atoms with Crippen LogP contribution in [0.25, 0.3) is 0 Å². The molecule has 0 bridgehead atoms. The van der Waals surface area contributed by atoms with Crippen molar-refractivity contribution in [3.63, 3.8) is 0 Å². The van der Waals surface area contributed by atoms with Gasteiger partial charge < -0.3 is 15.4 Å². The fraction of sp³-hybridized carbons (Fsp3) is 0.263. The Hall–Kier alpha value is -2.68. The summed E-state index contributed by atoms with van der Waals surface area (Å²) in [6.45, 7) is 0.439. The van der Waals surface area contributed by atoms with Gasteiger partial charge >= 0.3 is 6.18 Å². The molecule has 5 nitrogen and oxygen atoms in total. The lowest BCUT2D eigenvalue weighted by molar-refractivity contribution is -0.137. The molecule has 0 saturated carbocycles. The van der Waals surface area contributed by atoms with Gasteiger partial charge in [0.25, 0.3) is 5.91 Å². The minimum absolute atomic E-state index is 0.0201. The Labute approximate surface area is 164 Å². The quantitative estimate of drug-likeness (QED) is 0.516. The third-order valence-electron chi connectivity index (χ3n) is 3.62. The molecule has 0 spiro atoms. The molecule has 0 saturated heterocycles. The van der Waals surface area contributed by atoms with E-state index in [4.69, 9.17) is 4.74 Å². The summed E-state index contributed by atoms with van der Waals surface area (Å²) in [7, 11) is 1.53. The fourth-order valence-corrected chi connectivity index (χ4v) is 2.97. The molecule has 150 valence electrons. The molecule has 0 fully saturated rings. The largest absolute Gasteiger partial charge is 0.497 e. The number of halogens is 3. The minimum Gasteiger partial charge on any atom is -0.497 e. The number of nitrogens with one attached hydrogen (secondary N) is 2. The van der Waals surface area contributed by atoms with E-state index in [2.05, 4.69) is 10.6 Å². The van der Waals surface area contributed by atoms with E-state index >= 15 is 0 Å². The second-order valence-electron chi connectivity index (χ2n) is 5.65. The minimum atomic E-state index is -4.42. The molecule has 0 aromatic heterocycles. The summed E-state index contributed by atoms with van der Waals surface area (Å²) in [5, 5.41) is 5.27. The van der Waals surface area contributed by atoms with Crippen LogP contribution < -0.4 is 15.4 Å². The summed E-state index contributed by atoms with van der Waals surface area (Å²) in [5.74, 6) is 0.00623. The first-order valence-electron chi connectivity index (χ1n) is 8.28. The zero-order valence-corrected chi connectivity index (χ0v) is 15.8. The van der Waals surface area contributed by atoms with Gasteiger partial charge in [0.15, 0.2) is 0 Å². The first-order chi connectivity index (χ1) is 13.3. The first kappa shape index (κ1) is 21.6. The molecule has 2 aromatic carbocycles. The number of ether oxygens (including phenoxy) is 1. The number of amides is 2. The van der Waals surface area contributed by atoms with E-state index in [0.717, 1.165) is 23.9 Å². The summed E-state index contributed by atoms with van der Waals surface area (Å²) < 4.78 is 43.0. The predicted octanol–water partition coefficient (Wildman–Crippen LogP) is 3.35. The number of hydrogen-bond donors (Lipinski definition) is 2. The third kappa shape index (κ3) is 6.80. The summed E-state index contributed by atoms with van der Waals surface area (Å²) in [4.78, 5) is 24.1. The highest BCUT2D eigenvalue weighted by Gasteiger charge is 2.30. The highest BCUT2D eigenvalue weighted by Crippen LogP contribution is 2.31. The lowest BCUT2D eigenvalue weighted by Crippen LogP contribution is -2.35. The Morgan fingerprint density at radius 2 is 1.71 bits per heavy atom. The van der Waals surface area contributed by atoms with Crippen LogP contribution in [0.15, 0.2) is 53.4 Å². The molecule has 0 atom stereocenters. The van der Waals surface area contributed by atoms with Gasteiger partial charge in [-0.25, -0.2) is 0 Å². The Morgan fingerprint density at radius 3 is 2.36 bits per heavy atom. The molecule has 2 rings (SSSR count). The van der Waals surface area contributed by atoms with Gasteiger partial charge in [-0.2, -0.15) is 13.2 Å². The summed E-state index contributed by atoms with van der Waals surface area (Å²) in [5.41, 5.74) is -0.286. The standard InChI is InChI=1S/C19H19F3N2O3S/c1-27-15-7-5-13(6-8-15)18(26)24-10-9-23-17(25)12-28-16-4-2-3-14(11-16)19(20,21)22/h2-8,11H,9-10,12H2,1H3,(H,23,25)(H,24,26). The normalized spacial score (nSPS) is 11.0. The monoisotopic (exact) mass is 412 g/mol. The Morgan fingerprint density at radius 1 is 1.04 bits per heavy atom. The van der Waals surface area contributed by atoms with E-state index in [1.807, 2.05) is 0 Å². The summed E-state index contributed by atoms with van der Waals surface area (Å²) in [6.07, 6.45) is -4.42. The Kier molecular flexibility index (Phi) is 7.74. The molecule has 0 aliphatic carbocycles. The van der Waals surface area contributed by atoms with Crippen molar-refractivity contribution in [2.75, 3.05) is 26.0 Å². The zero-order valence-electron chi connectivity index (χ0n) is 15.0. The molecule has 0 aliphatic rings. The molecular weight excluding hydrogens is 393 g/mol. The highest BCUT2D eigenvalue weighted by molar-refractivity contribution is 8.00. The van der Waals surface area contributed by atoms with Crippen molar-refractivity contribution in [1.82, 2.24) is 10.6 Å². The van der Waals surface area contributed by atoms with Crippen LogP contribution in [-0.2, 0) is 11.0 Å². The maximum Gasteiger partial charge on any atom is 0.416 e. The zero-order chi connectivity index (χ0) is 20.6. The van der Waals surface area contributed by atoms with Crippen LogP contribution in [0.4, 0.5) is 13.2 Å². The number of methoxy groups -OCH3 is 1. The van der Waals surface area contributed by atoms with Crippen molar-refractivity contribution in [1.29, 1.82) is 0 Å². The van der Waals surface area contributed by atoms with Crippen LogP contribution >= 0.6 is 11.8 Å². The smallest absolute Gasteiger partial charge is 0.416 e. The van der Waals surface area contributed by atoms with Crippen molar-refractivity contribution >= 4 is 23.6 Å². The first-order valence-corrected chi connectivity index (χ1v) is 9.27. The van der Waals surface area contributed by atoms with Crippen molar-refractivity contribution in [3.05, 3.63) is 59.7 Å². The summed E-state index contributed by atoms with van der Waals surface area (Å²) in [6, 6.07) is 11.4. The van der Waals surface area contributed by atoms with Gasteiger partial charge in [-0.3, -0.25) is 9.59 Å². The van der Waals surface area contributed by atoms with E-state index in [1.165, 1.54) is 19.2 Å². The van der Waals surface area contributed by atoms with Gasteiger partial charge in [-0.05, 0) is 42.5 Å². The van der Waals surface area contributed by atoms with E-state index < -0.39 is 11.7 Å². The SMILES string of the molecule is COc1ccc(C(=O)NCCNC(=O)CSc2cccc(C(F)(F)F)c2)cc1. The second kappa shape index (κ2) is 10.0.